The number of hydrogen-bond donors (Lipinski definition) is 2. The Bertz CT molecular complexity index is 239. The summed E-state index contributed by atoms with van der Waals surface area (Å²) in [6, 6.07) is 0. The number of aliphatic hydroxyl groups excluding tert-OH is 1. The molecular formula is C8H20N2O3S. The van der Waals surface area contributed by atoms with E-state index in [9.17, 15) is 8.42 Å². The zero-order chi connectivity index (χ0) is 11.2. The van der Waals surface area contributed by atoms with Crippen LogP contribution in [0.25, 0.3) is 0 Å². The quantitative estimate of drug-likeness (QED) is 0.588. The third-order valence-electron chi connectivity index (χ3n) is 1.95. The lowest BCUT2D eigenvalue weighted by atomic mass is 10.1. The van der Waals surface area contributed by atoms with Gasteiger partial charge in [-0.2, -0.15) is 12.7 Å². The molecule has 2 N–H and O–H groups in total. The van der Waals surface area contributed by atoms with Gasteiger partial charge in [0.15, 0.2) is 0 Å². The van der Waals surface area contributed by atoms with Crippen molar-refractivity contribution in [3.63, 3.8) is 0 Å². The first kappa shape index (κ1) is 13.8. The monoisotopic (exact) mass is 224 g/mol. The highest BCUT2D eigenvalue weighted by molar-refractivity contribution is 7.87. The summed E-state index contributed by atoms with van der Waals surface area (Å²) in [7, 11) is -0.312. The maximum Gasteiger partial charge on any atom is 0.278 e. The molecule has 1 unspecified atom stereocenters. The molecule has 14 heavy (non-hydrogen) atoms. The van der Waals surface area contributed by atoms with Crippen LogP contribution in [0.2, 0.25) is 0 Å². The van der Waals surface area contributed by atoms with Gasteiger partial charge in [-0.15, -0.1) is 0 Å². The highest BCUT2D eigenvalue weighted by atomic mass is 32.2. The number of nitrogens with zero attached hydrogens (tertiary/aromatic N) is 1. The van der Waals surface area contributed by atoms with Crippen LogP contribution in [0.4, 0.5) is 0 Å². The Hall–Kier alpha value is -0.170. The van der Waals surface area contributed by atoms with Crippen LogP contribution in [-0.2, 0) is 10.2 Å². The van der Waals surface area contributed by atoms with Crippen molar-refractivity contribution in [3.05, 3.63) is 0 Å². The Morgan fingerprint density at radius 2 is 2.00 bits per heavy atom. The molecule has 0 spiro atoms. The molecule has 6 heteroatoms. The van der Waals surface area contributed by atoms with Gasteiger partial charge in [-0.05, 0) is 18.8 Å². The maximum atomic E-state index is 11.2. The Kier molecular flexibility index (Phi) is 6.26. The van der Waals surface area contributed by atoms with Gasteiger partial charge in [0, 0.05) is 27.2 Å². The van der Waals surface area contributed by atoms with Crippen LogP contribution in [-0.4, -0.2) is 45.1 Å². The molecule has 0 rings (SSSR count). The lowest BCUT2D eigenvalue weighted by molar-refractivity contribution is 0.228. The van der Waals surface area contributed by atoms with Gasteiger partial charge < -0.3 is 5.11 Å². The predicted octanol–water partition coefficient (Wildman–Crippen LogP) is -0.209. The largest absolute Gasteiger partial charge is 0.396 e. The van der Waals surface area contributed by atoms with Crippen LogP contribution >= 0.6 is 0 Å². The van der Waals surface area contributed by atoms with Crippen molar-refractivity contribution in [1.82, 2.24) is 9.03 Å². The Morgan fingerprint density at radius 3 is 2.43 bits per heavy atom. The van der Waals surface area contributed by atoms with Crippen molar-refractivity contribution >= 4 is 10.2 Å². The number of hydrogen-bond acceptors (Lipinski definition) is 3. The summed E-state index contributed by atoms with van der Waals surface area (Å²) in [5.74, 6) is 0.235. The summed E-state index contributed by atoms with van der Waals surface area (Å²) in [5.41, 5.74) is 0. The molecule has 0 heterocycles. The Balaban J connectivity index is 3.65. The molecular weight excluding hydrogens is 204 g/mol. The Morgan fingerprint density at radius 1 is 1.43 bits per heavy atom. The van der Waals surface area contributed by atoms with Gasteiger partial charge in [-0.1, -0.05) is 6.92 Å². The van der Waals surface area contributed by atoms with Crippen molar-refractivity contribution in [2.24, 2.45) is 5.92 Å². The van der Waals surface area contributed by atoms with E-state index in [1.165, 1.54) is 14.1 Å². The van der Waals surface area contributed by atoms with Gasteiger partial charge in [-0.3, -0.25) is 0 Å². The normalized spacial score (nSPS) is 14.6. The van der Waals surface area contributed by atoms with Gasteiger partial charge >= 0.3 is 0 Å². The van der Waals surface area contributed by atoms with E-state index in [0.717, 1.165) is 17.1 Å². The fraction of sp³-hybridized carbons (Fsp3) is 1.00. The molecule has 0 fully saturated rings. The molecule has 5 nitrogen and oxygen atoms in total. The van der Waals surface area contributed by atoms with E-state index < -0.39 is 10.2 Å². The van der Waals surface area contributed by atoms with Gasteiger partial charge in [0.1, 0.15) is 0 Å². The van der Waals surface area contributed by atoms with Crippen molar-refractivity contribution < 1.29 is 13.5 Å². The van der Waals surface area contributed by atoms with Crippen molar-refractivity contribution in [2.45, 2.75) is 19.8 Å². The average molecular weight is 224 g/mol. The SMILES string of the molecule is CC(CO)CCCNS(=O)(=O)N(C)C. The highest BCUT2D eigenvalue weighted by Crippen LogP contribution is 2.03. The summed E-state index contributed by atoms with van der Waals surface area (Å²) in [6.07, 6.45) is 1.57. The molecule has 1 atom stereocenters. The maximum absolute atomic E-state index is 11.2. The topological polar surface area (TPSA) is 69.6 Å². The average Bonchev–Trinajstić information content (AvgIpc) is 2.11. The summed E-state index contributed by atoms with van der Waals surface area (Å²) < 4.78 is 26.0. The van der Waals surface area contributed by atoms with Crippen LogP contribution in [0.15, 0.2) is 0 Å². The number of nitrogens with one attached hydrogen (secondary N) is 1. The molecule has 0 amide bonds. The molecule has 0 aliphatic rings. The molecule has 0 saturated carbocycles. The van der Waals surface area contributed by atoms with Gasteiger partial charge in [-0.25, -0.2) is 4.72 Å². The highest BCUT2D eigenvalue weighted by Gasteiger charge is 2.11. The van der Waals surface area contributed by atoms with E-state index in [0.29, 0.717) is 6.54 Å². The van der Waals surface area contributed by atoms with E-state index in [-0.39, 0.29) is 12.5 Å². The molecule has 0 aliphatic heterocycles. The first-order chi connectivity index (χ1) is 6.40. The lowest BCUT2D eigenvalue weighted by Gasteiger charge is -2.13. The van der Waals surface area contributed by atoms with E-state index in [1.54, 1.807) is 0 Å². The second kappa shape index (κ2) is 6.34. The van der Waals surface area contributed by atoms with Crippen LogP contribution in [0.1, 0.15) is 19.8 Å². The van der Waals surface area contributed by atoms with Gasteiger partial charge in [0.05, 0.1) is 0 Å². The molecule has 0 aliphatic carbocycles. The molecule has 0 aromatic carbocycles. The number of rotatable bonds is 7. The number of aliphatic hydroxyl groups is 1. The first-order valence-electron chi connectivity index (χ1n) is 4.68. The van der Waals surface area contributed by atoms with E-state index in [4.69, 9.17) is 5.11 Å². The second-order valence-electron chi connectivity index (χ2n) is 3.61. The molecule has 0 bridgehead atoms. The first-order valence-corrected chi connectivity index (χ1v) is 6.12. The Labute approximate surface area is 86.3 Å². The second-order valence-corrected chi connectivity index (χ2v) is 5.58. The lowest BCUT2D eigenvalue weighted by Crippen LogP contribution is -2.36. The zero-order valence-electron chi connectivity index (χ0n) is 9.02. The minimum Gasteiger partial charge on any atom is -0.396 e. The molecule has 0 aromatic rings. The predicted molar refractivity (Wildman–Crippen MR) is 56.1 cm³/mol. The standard InChI is InChI=1S/C8H20N2O3S/c1-8(7-11)5-4-6-9-14(12,13)10(2)3/h8-9,11H,4-7H2,1-3H3. The van der Waals surface area contributed by atoms with Crippen molar-refractivity contribution in [3.8, 4) is 0 Å². The van der Waals surface area contributed by atoms with Crippen LogP contribution in [0.5, 0.6) is 0 Å². The third-order valence-corrected chi connectivity index (χ3v) is 3.48. The summed E-state index contributed by atoms with van der Waals surface area (Å²) >= 11 is 0. The van der Waals surface area contributed by atoms with E-state index in [1.807, 2.05) is 6.92 Å². The van der Waals surface area contributed by atoms with E-state index >= 15 is 0 Å². The summed E-state index contributed by atoms with van der Waals surface area (Å²) in [6.45, 7) is 2.51. The minimum atomic E-state index is -3.28. The van der Waals surface area contributed by atoms with Gasteiger partial charge in [0.25, 0.3) is 10.2 Å². The molecule has 0 aromatic heterocycles. The van der Waals surface area contributed by atoms with Crippen LogP contribution in [0.3, 0.4) is 0 Å². The third kappa shape index (κ3) is 5.54. The van der Waals surface area contributed by atoms with Gasteiger partial charge in [0.2, 0.25) is 0 Å². The fourth-order valence-electron chi connectivity index (χ4n) is 0.872. The smallest absolute Gasteiger partial charge is 0.278 e. The fourth-order valence-corrected chi connectivity index (χ4v) is 1.53. The van der Waals surface area contributed by atoms with Crippen LogP contribution in [0, 0.1) is 5.92 Å². The molecule has 0 radical (unpaired) electrons. The zero-order valence-corrected chi connectivity index (χ0v) is 9.84. The van der Waals surface area contributed by atoms with Crippen molar-refractivity contribution in [2.75, 3.05) is 27.2 Å². The molecule has 0 saturated heterocycles. The molecule has 86 valence electrons. The summed E-state index contributed by atoms with van der Waals surface area (Å²) in [4.78, 5) is 0. The summed E-state index contributed by atoms with van der Waals surface area (Å²) in [5, 5.41) is 8.74. The van der Waals surface area contributed by atoms with Crippen LogP contribution < -0.4 is 4.72 Å². The van der Waals surface area contributed by atoms with Crippen molar-refractivity contribution in [1.29, 1.82) is 0 Å². The minimum absolute atomic E-state index is 0.153. The van der Waals surface area contributed by atoms with E-state index in [2.05, 4.69) is 4.72 Å².